The van der Waals surface area contributed by atoms with Gasteiger partial charge in [-0.2, -0.15) is 0 Å². The van der Waals surface area contributed by atoms with Crippen LogP contribution in [0.15, 0.2) is 30.3 Å². The molecular weight excluding hydrogens is 249 g/mol. The second kappa shape index (κ2) is 5.40. The zero-order chi connectivity index (χ0) is 13.8. The summed E-state index contributed by atoms with van der Waals surface area (Å²) in [6.07, 6.45) is 0. The van der Waals surface area contributed by atoms with Crippen LogP contribution in [0.3, 0.4) is 0 Å². The molecule has 98 valence electrons. The van der Waals surface area contributed by atoms with Crippen LogP contribution in [-0.2, 0) is 0 Å². The van der Waals surface area contributed by atoms with E-state index in [1.54, 1.807) is 13.0 Å². The molecule has 6 nitrogen and oxygen atoms in total. The van der Waals surface area contributed by atoms with Crippen molar-refractivity contribution in [3.63, 3.8) is 0 Å². The quantitative estimate of drug-likeness (QED) is 0.574. The van der Waals surface area contributed by atoms with Crippen molar-refractivity contribution < 1.29 is 9.18 Å². The lowest BCUT2D eigenvalue weighted by atomic mass is 10.2. The second-order valence-electron chi connectivity index (χ2n) is 3.89. The van der Waals surface area contributed by atoms with Gasteiger partial charge >= 0.3 is 0 Å². The Morgan fingerprint density at radius 2 is 2.05 bits per heavy atom. The third-order valence-electron chi connectivity index (χ3n) is 2.42. The molecule has 0 aliphatic carbocycles. The van der Waals surface area contributed by atoms with E-state index in [1.165, 1.54) is 24.3 Å². The first-order valence-corrected chi connectivity index (χ1v) is 5.48. The molecule has 0 saturated carbocycles. The van der Waals surface area contributed by atoms with Gasteiger partial charge < -0.3 is 10.7 Å². The number of benzene rings is 1. The number of nitrogens with zero attached hydrogens (tertiary/aromatic N) is 2. The Kier molecular flexibility index (Phi) is 3.67. The van der Waals surface area contributed by atoms with E-state index in [0.717, 1.165) is 5.56 Å². The molecule has 0 unspecified atom stereocenters. The van der Waals surface area contributed by atoms with E-state index in [0.29, 0.717) is 5.82 Å². The van der Waals surface area contributed by atoms with Crippen LogP contribution in [0.4, 0.5) is 15.9 Å². The maximum absolute atomic E-state index is 13.5. The van der Waals surface area contributed by atoms with Crippen molar-refractivity contribution in [1.82, 2.24) is 10.2 Å². The minimum atomic E-state index is -0.541. The van der Waals surface area contributed by atoms with E-state index < -0.39 is 11.7 Å². The molecule has 0 radical (unpaired) electrons. The number of amides is 1. The number of nitrogens with one attached hydrogen (secondary N) is 2. The third kappa shape index (κ3) is 3.02. The molecule has 1 aromatic carbocycles. The highest BCUT2D eigenvalue weighted by Gasteiger charge is 2.11. The molecule has 4 N–H and O–H groups in total. The standard InChI is InChI=1S/C12H12FN5O/c1-7-2-3-8(13)10(6-7)15-12(19)9-4-5-11(16-14)18-17-9/h2-6H,14H2,1H3,(H,15,19)(H,16,18). The Morgan fingerprint density at radius 3 is 2.68 bits per heavy atom. The molecule has 0 bridgehead atoms. The Labute approximate surface area is 108 Å². The van der Waals surface area contributed by atoms with Gasteiger partial charge in [0, 0.05) is 0 Å². The van der Waals surface area contributed by atoms with Crippen molar-refractivity contribution in [2.24, 2.45) is 5.84 Å². The zero-order valence-electron chi connectivity index (χ0n) is 10.1. The van der Waals surface area contributed by atoms with E-state index in [1.807, 2.05) is 0 Å². The van der Waals surface area contributed by atoms with Gasteiger partial charge in [-0.1, -0.05) is 6.07 Å². The number of rotatable bonds is 3. The fourth-order valence-corrected chi connectivity index (χ4v) is 1.45. The van der Waals surface area contributed by atoms with E-state index in [2.05, 4.69) is 20.9 Å². The predicted molar refractivity (Wildman–Crippen MR) is 68.9 cm³/mol. The molecule has 2 aromatic rings. The summed E-state index contributed by atoms with van der Waals surface area (Å²) in [5, 5.41) is 9.77. The van der Waals surface area contributed by atoms with Crippen molar-refractivity contribution in [1.29, 1.82) is 0 Å². The summed E-state index contributed by atoms with van der Waals surface area (Å²) < 4.78 is 13.5. The molecule has 0 saturated heterocycles. The van der Waals surface area contributed by atoms with Gasteiger partial charge in [-0.3, -0.25) is 4.79 Å². The summed E-state index contributed by atoms with van der Waals surface area (Å²) in [5.74, 6) is 4.42. The number of carbonyl (C=O) groups excluding carboxylic acids is 1. The lowest BCUT2D eigenvalue weighted by molar-refractivity contribution is 0.102. The highest BCUT2D eigenvalue weighted by molar-refractivity contribution is 6.02. The van der Waals surface area contributed by atoms with Crippen LogP contribution in [0.25, 0.3) is 0 Å². The zero-order valence-corrected chi connectivity index (χ0v) is 10.1. The highest BCUT2D eigenvalue weighted by Crippen LogP contribution is 2.16. The molecule has 0 spiro atoms. The summed E-state index contributed by atoms with van der Waals surface area (Å²) in [4.78, 5) is 11.8. The largest absolute Gasteiger partial charge is 0.318 e. The Morgan fingerprint density at radius 1 is 1.26 bits per heavy atom. The number of carbonyl (C=O) groups is 1. The van der Waals surface area contributed by atoms with Crippen molar-refractivity contribution in [2.45, 2.75) is 6.92 Å². The molecule has 2 rings (SSSR count). The minimum Gasteiger partial charge on any atom is -0.318 e. The van der Waals surface area contributed by atoms with Gasteiger partial charge in [0.1, 0.15) is 5.82 Å². The topological polar surface area (TPSA) is 92.9 Å². The first kappa shape index (κ1) is 12.9. The van der Waals surface area contributed by atoms with Gasteiger partial charge in [0.05, 0.1) is 5.69 Å². The maximum atomic E-state index is 13.5. The van der Waals surface area contributed by atoms with E-state index in [9.17, 15) is 9.18 Å². The van der Waals surface area contributed by atoms with Gasteiger partial charge in [0.15, 0.2) is 11.5 Å². The number of hydrogen-bond donors (Lipinski definition) is 3. The SMILES string of the molecule is Cc1ccc(F)c(NC(=O)c2ccc(NN)nn2)c1. The molecular formula is C12H12FN5O. The highest BCUT2D eigenvalue weighted by atomic mass is 19.1. The van der Waals surface area contributed by atoms with Gasteiger partial charge in [0.2, 0.25) is 0 Å². The van der Waals surface area contributed by atoms with Crippen LogP contribution in [0, 0.1) is 12.7 Å². The molecule has 0 aliphatic heterocycles. The van der Waals surface area contributed by atoms with Crippen molar-refractivity contribution in [3.05, 3.63) is 47.4 Å². The Bertz CT molecular complexity index is 600. The van der Waals surface area contributed by atoms with Crippen molar-refractivity contribution in [2.75, 3.05) is 10.7 Å². The molecule has 1 heterocycles. The summed E-state index contributed by atoms with van der Waals surface area (Å²) in [6, 6.07) is 7.38. The van der Waals surface area contributed by atoms with Crippen LogP contribution < -0.4 is 16.6 Å². The summed E-state index contributed by atoms with van der Waals surface area (Å²) in [5.41, 5.74) is 3.31. The number of aryl methyl sites for hydroxylation is 1. The monoisotopic (exact) mass is 261 g/mol. The predicted octanol–water partition coefficient (Wildman–Crippen LogP) is 1.46. The average molecular weight is 261 g/mol. The Balaban J connectivity index is 2.18. The lowest BCUT2D eigenvalue weighted by Crippen LogP contribution is -2.16. The molecule has 0 atom stereocenters. The molecule has 1 aromatic heterocycles. The fraction of sp³-hybridized carbons (Fsp3) is 0.0833. The second-order valence-corrected chi connectivity index (χ2v) is 3.89. The number of hydrogen-bond acceptors (Lipinski definition) is 5. The number of nitrogen functional groups attached to an aromatic ring is 1. The number of hydrazine groups is 1. The number of halogens is 1. The maximum Gasteiger partial charge on any atom is 0.276 e. The van der Waals surface area contributed by atoms with Gasteiger partial charge in [-0.05, 0) is 36.8 Å². The summed E-state index contributed by atoms with van der Waals surface area (Å²) in [6.45, 7) is 1.80. The average Bonchev–Trinajstić information content (AvgIpc) is 2.43. The molecule has 1 amide bonds. The van der Waals surface area contributed by atoms with Crippen LogP contribution in [0.1, 0.15) is 16.1 Å². The lowest BCUT2D eigenvalue weighted by Gasteiger charge is -2.06. The molecule has 19 heavy (non-hydrogen) atoms. The van der Waals surface area contributed by atoms with Gasteiger partial charge in [-0.25, -0.2) is 10.2 Å². The summed E-state index contributed by atoms with van der Waals surface area (Å²) in [7, 11) is 0. The normalized spacial score (nSPS) is 10.1. The van der Waals surface area contributed by atoms with Gasteiger partial charge in [-0.15, -0.1) is 10.2 Å². The first-order valence-electron chi connectivity index (χ1n) is 5.48. The van der Waals surface area contributed by atoms with Crippen molar-refractivity contribution in [3.8, 4) is 0 Å². The summed E-state index contributed by atoms with van der Waals surface area (Å²) >= 11 is 0. The van der Waals surface area contributed by atoms with Crippen LogP contribution in [0.5, 0.6) is 0 Å². The molecule has 0 aliphatic rings. The van der Waals surface area contributed by atoms with Gasteiger partial charge in [0.25, 0.3) is 5.91 Å². The Hall–Kier alpha value is -2.54. The van der Waals surface area contributed by atoms with Crippen LogP contribution in [0.2, 0.25) is 0 Å². The van der Waals surface area contributed by atoms with Crippen LogP contribution >= 0.6 is 0 Å². The third-order valence-corrected chi connectivity index (χ3v) is 2.42. The number of anilines is 2. The first-order chi connectivity index (χ1) is 9.10. The van der Waals surface area contributed by atoms with Crippen LogP contribution in [-0.4, -0.2) is 16.1 Å². The van der Waals surface area contributed by atoms with Crippen molar-refractivity contribution >= 4 is 17.4 Å². The van der Waals surface area contributed by atoms with E-state index >= 15 is 0 Å². The fourth-order valence-electron chi connectivity index (χ4n) is 1.45. The number of aromatic nitrogens is 2. The van der Waals surface area contributed by atoms with E-state index in [-0.39, 0.29) is 11.4 Å². The van der Waals surface area contributed by atoms with E-state index in [4.69, 9.17) is 5.84 Å². The smallest absolute Gasteiger partial charge is 0.276 e. The minimum absolute atomic E-state index is 0.0694. The number of nitrogens with two attached hydrogens (primary N) is 1. The molecule has 7 heteroatoms. The molecule has 0 fully saturated rings.